The van der Waals surface area contributed by atoms with E-state index in [4.69, 9.17) is 17.2 Å². The number of carbonyl (C=O) groups excluding carboxylic acids is 1. The second kappa shape index (κ2) is 18.9. The minimum atomic E-state index is -1.26. The van der Waals surface area contributed by atoms with E-state index >= 15 is 0 Å². The van der Waals surface area contributed by atoms with Gasteiger partial charge in [0, 0.05) is 50.4 Å². The maximum Gasteiger partial charge on any atom is 0.358 e. The maximum absolute atomic E-state index is 13.0. The number of aryl methyl sites for hydroxylation is 2. The Morgan fingerprint density at radius 3 is 1.57 bits per heavy atom. The molecule has 0 unspecified atom stereocenters. The van der Waals surface area contributed by atoms with Gasteiger partial charge in [0.05, 0.1) is 59.5 Å². The molecule has 8 N–H and O–H groups in total. The van der Waals surface area contributed by atoms with Crippen LogP contribution < -0.4 is 22.5 Å². The van der Waals surface area contributed by atoms with Gasteiger partial charge in [-0.25, -0.2) is 34.7 Å². The molecule has 23 nitrogen and oxygen atoms in total. The number of nitrogen functional groups attached to an aromatic ring is 2. The van der Waals surface area contributed by atoms with E-state index in [-0.39, 0.29) is 34.7 Å². The molecule has 8 aromatic rings. The molecule has 0 spiro atoms. The number of imidazole rings is 2. The summed E-state index contributed by atoms with van der Waals surface area (Å²) in [7, 11) is 8.00. The number of anilines is 2. The van der Waals surface area contributed by atoms with Crippen LogP contribution in [-0.2, 0) is 14.1 Å². The number of aromatic nitrogens is 14. The highest BCUT2D eigenvalue weighted by Crippen LogP contribution is 2.30. The molecule has 0 aliphatic carbocycles. The Balaban J connectivity index is 0.000000155. The van der Waals surface area contributed by atoms with Gasteiger partial charge in [-0.05, 0) is 77.1 Å². The molecule has 336 valence electrons. The van der Waals surface area contributed by atoms with E-state index in [9.17, 15) is 14.7 Å². The number of fused-ring (bicyclic) bond motifs is 2. The first-order valence-electron chi connectivity index (χ1n) is 20.9. The molecule has 10 rings (SSSR count). The van der Waals surface area contributed by atoms with E-state index in [0.717, 1.165) is 53.6 Å². The molecule has 65 heavy (non-hydrogen) atoms. The van der Waals surface area contributed by atoms with E-state index in [1.807, 2.05) is 53.6 Å². The number of nitrogens with one attached hydrogen (secondary N) is 1. The van der Waals surface area contributed by atoms with Crippen molar-refractivity contribution < 1.29 is 14.7 Å². The van der Waals surface area contributed by atoms with E-state index < -0.39 is 5.97 Å². The second-order valence-electron chi connectivity index (χ2n) is 15.8. The molecule has 1 amide bonds. The quantitative estimate of drug-likeness (QED) is 0.138. The van der Waals surface area contributed by atoms with Gasteiger partial charge in [0.1, 0.15) is 11.4 Å². The molecule has 0 bridgehead atoms. The third-order valence-corrected chi connectivity index (χ3v) is 11.6. The monoisotopic (exact) mass is 882 g/mol. The van der Waals surface area contributed by atoms with Crippen LogP contribution in [0.4, 0.5) is 11.6 Å². The number of nitrogens with two attached hydrogens (primary N) is 3. The molecule has 2 aliphatic heterocycles. The summed E-state index contributed by atoms with van der Waals surface area (Å²) in [5, 5.41) is 28.7. The lowest BCUT2D eigenvalue weighted by molar-refractivity contribution is 0.0691. The molecule has 2 atom stereocenters. The maximum atomic E-state index is 13.0. The van der Waals surface area contributed by atoms with Crippen molar-refractivity contribution >= 4 is 45.6 Å². The summed E-state index contributed by atoms with van der Waals surface area (Å²) in [6.45, 7) is 3.64. The lowest BCUT2D eigenvalue weighted by Gasteiger charge is -2.20. The highest BCUT2D eigenvalue weighted by atomic mass is 16.4. The number of rotatable bonds is 9. The predicted octanol–water partition coefficient (Wildman–Crippen LogP) is 1.95. The minimum absolute atomic E-state index is 0.0277. The second-order valence-corrected chi connectivity index (χ2v) is 15.8. The summed E-state index contributed by atoms with van der Waals surface area (Å²) in [4.78, 5) is 57.6. The molecule has 23 heteroatoms. The fourth-order valence-electron chi connectivity index (χ4n) is 7.87. The number of amides is 1. The summed E-state index contributed by atoms with van der Waals surface area (Å²) in [5.41, 5.74) is 22.8. The Hall–Kier alpha value is -7.76. The summed E-state index contributed by atoms with van der Waals surface area (Å²) >= 11 is 0. The Labute approximate surface area is 372 Å². The number of hydrogen-bond donors (Lipinski definition) is 5. The third-order valence-electron chi connectivity index (χ3n) is 11.6. The molecular formula is C42H50N20O3. The van der Waals surface area contributed by atoms with Gasteiger partial charge in [0.15, 0.2) is 23.0 Å². The van der Waals surface area contributed by atoms with Crippen LogP contribution in [0.2, 0.25) is 0 Å². The van der Waals surface area contributed by atoms with Gasteiger partial charge in [0.2, 0.25) is 11.6 Å². The van der Waals surface area contributed by atoms with Crippen LogP contribution in [0.15, 0.2) is 73.8 Å². The Bertz CT molecular complexity index is 2940. The molecule has 8 heterocycles. The number of aromatic carboxylic acids is 1. The number of carbonyl (C=O) groups is 2. The average molecular weight is 883 g/mol. The van der Waals surface area contributed by atoms with E-state index in [1.165, 1.54) is 41.4 Å². The van der Waals surface area contributed by atoms with Gasteiger partial charge in [-0.3, -0.25) is 4.79 Å². The predicted molar refractivity (Wildman–Crippen MR) is 242 cm³/mol. The van der Waals surface area contributed by atoms with Crippen molar-refractivity contribution in [1.29, 1.82) is 0 Å². The van der Waals surface area contributed by atoms with Crippen molar-refractivity contribution in [3.8, 4) is 34.2 Å². The van der Waals surface area contributed by atoms with Crippen LogP contribution in [0.25, 0.3) is 56.2 Å². The molecule has 0 saturated carbocycles. The molecule has 2 aliphatic rings. The minimum Gasteiger partial charge on any atom is -0.476 e. The van der Waals surface area contributed by atoms with Gasteiger partial charge in [-0.2, -0.15) is 20.4 Å². The molecular weight excluding hydrogens is 833 g/mol. The van der Waals surface area contributed by atoms with Gasteiger partial charge < -0.3 is 46.6 Å². The zero-order valence-corrected chi connectivity index (χ0v) is 36.4. The third kappa shape index (κ3) is 9.32. The first-order chi connectivity index (χ1) is 31.4. The summed E-state index contributed by atoms with van der Waals surface area (Å²) < 4.78 is 3.77. The van der Waals surface area contributed by atoms with Crippen molar-refractivity contribution in [2.45, 2.75) is 37.8 Å². The van der Waals surface area contributed by atoms with Crippen LogP contribution in [-0.4, -0.2) is 148 Å². The Morgan fingerprint density at radius 1 is 0.677 bits per heavy atom. The lowest BCUT2D eigenvalue weighted by atomic mass is 10.1. The zero-order valence-electron chi connectivity index (χ0n) is 36.4. The summed E-state index contributed by atoms with van der Waals surface area (Å²) in [6, 6.07) is 12.2. The zero-order chi connectivity index (χ0) is 45.8. The number of nitrogens with zero attached hydrogens (tertiary/aromatic N) is 16. The van der Waals surface area contributed by atoms with E-state index in [1.54, 1.807) is 31.1 Å². The van der Waals surface area contributed by atoms with Crippen LogP contribution >= 0.6 is 0 Å². The molecule has 2 saturated heterocycles. The first-order valence-corrected chi connectivity index (χ1v) is 20.9. The summed E-state index contributed by atoms with van der Waals surface area (Å²) in [5.74, 6) is -1.19. The molecule has 0 radical (unpaired) electrons. The molecule has 6 aromatic heterocycles. The standard InChI is InChI=1S/C21H24N10O.C15H12N8O2.C6H14N2/c1-29-9-3-4-14(29)11-23-21(32)18-19(22)28-20(31-25-7-8-26-31)17(27-18)13-5-6-15-16(10-13)30(2)12-24-15;1-22-7-17-9-3-2-8(6-10(9)22)11-14(23-18-4-5-19-23)21-13(16)12(20-11)15(24)25;1-8-4-2-3-6(8)5-7/h5-8,10,12,14H,3-4,9,11H2,1-2H3,(H2,22,28)(H,23,32);2-7H,1H3,(H2,16,21)(H,24,25);6H,2-5,7H2,1H3/t14-;;6-/m0.0/s1. The number of likely N-dealkylation sites (N-methyl/N-ethyl adjacent to an activating group) is 2. The SMILES string of the molecule is CN1CCC[C@H]1CN.CN1CCC[C@H]1CNC(=O)c1nc(-c2ccc3ncn(C)c3c2)c(-n2nccn2)nc1N.Cn1cnc2ccc(-c3nc(C(=O)O)c(N)nc3-n3nccn3)cc21. The number of benzene rings is 2. The average Bonchev–Trinajstić information content (AvgIpc) is 4.18. The number of hydrogen-bond acceptors (Lipinski definition) is 17. The Kier molecular flexibility index (Phi) is 12.8. The smallest absolute Gasteiger partial charge is 0.358 e. The normalized spacial score (nSPS) is 16.3. The van der Waals surface area contributed by atoms with Crippen molar-refractivity contribution in [2.24, 2.45) is 19.8 Å². The van der Waals surface area contributed by atoms with Gasteiger partial charge >= 0.3 is 5.97 Å². The lowest BCUT2D eigenvalue weighted by Crippen LogP contribution is -2.38. The van der Waals surface area contributed by atoms with Crippen LogP contribution in [0.1, 0.15) is 46.7 Å². The van der Waals surface area contributed by atoms with Crippen LogP contribution in [0.5, 0.6) is 0 Å². The number of carboxylic acids is 1. The van der Waals surface area contributed by atoms with Gasteiger partial charge in [0.25, 0.3) is 5.91 Å². The largest absolute Gasteiger partial charge is 0.476 e. The molecule has 2 fully saturated rings. The number of likely N-dealkylation sites (tertiary alicyclic amines) is 2. The van der Waals surface area contributed by atoms with Gasteiger partial charge in [-0.15, -0.1) is 9.59 Å². The molecule has 2 aromatic carbocycles. The first kappa shape index (κ1) is 43.9. The van der Waals surface area contributed by atoms with Gasteiger partial charge in [-0.1, -0.05) is 12.1 Å². The topological polar surface area (TPSA) is 300 Å². The Morgan fingerprint density at radius 2 is 1.14 bits per heavy atom. The van der Waals surface area contributed by atoms with Crippen molar-refractivity contribution in [1.82, 2.24) is 84.1 Å². The highest BCUT2D eigenvalue weighted by Gasteiger charge is 2.25. The fraction of sp³-hybridized carbons (Fsp3) is 0.333. The van der Waals surface area contributed by atoms with Crippen LogP contribution in [0, 0.1) is 0 Å². The summed E-state index contributed by atoms with van der Waals surface area (Å²) in [6.07, 6.45) is 14.3. The number of carboxylic acid groups (broad SMARTS) is 1. The van der Waals surface area contributed by atoms with Crippen LogP contribution in [0.3, 0.4) is 0 Å². The highest BCUT2D eigenvalue weighted by molar-refractivity contribution is 5.97. The van der Waals surface area contributed by atoms with Crippen molar-refractivity contribution in [3.05, 3.63) is 85.2 Å². The fourth-order valence-corrected chi connectivity index (χ4v) is 7.87. The van der Waals surface area contributed by atoms with E-state index in [2.05, 4.69) is 79.5 Å². The van der Waals surface area contributed by atoms with Crippen molar-refractivity contribution in [2.75, 3.05) is 51.7 Å². The van der Waals surface area contributed by atoms with Crippen molar-refractivity contribution in [3.63, 3.8) is 0 Å². The van der Waals surface area contributed by atoms with E-state index in [0.29, 0.717) is 41.4 Å².